The standard InChI is InChI=1S/C19H18F2N6O3/c1-11(28)23-6-14-9-27(19(29)30-14)13-4-15(20)18(16(21)5-13)25-7-12-8-26(3-2-22)24-17(12)10-25/h4-5,8,14H,3,6-7,9-10H2,1H3,(H,23,28). The van der Waals surface area contributed by atoms with Gasteiger partial charge in [-0.3, -0.25) is 14.4 Å². The highest BCUT2D eigenvalue weighted by atomic mass is 19.1. The third-order valence-electron chi connectivity index (χ3n) is 4.94. The van der Waals surface area contributed by atoms with Crippen molar-refractivity contribution in [3.05, 3.63) is 41.2 Å². The number of aromatic nitrogens is 2. The molecule has 0 saturated carbocycles. The molecule has 2 amide bonds. The Kier molecular flexibility index (Phi) is 4.99. The zero-order chi connectivity index (χ0) is 21.4. The van der Waals surface area contributed by atoms with Gasteiger partial charge in [-0.15, -0.1) is 0 Å². The fourth-order valence-corrected chi connectivity index (χ4v) is 3.63. The minimum Gasteiger partial charge on any atom is -0.442 e. The predicted octanol–water partition coefficient (Wildman–Crippen LogP) is 1.67. The van der Waals surface area contributed by atoms with Crippen LogP contribution < -0.4 is 15.1 Å². The van der Waals surface area contributed by atoms with Crippen LogP contribution in [0.4, 0.5) is 25.0 Å². The Morgan fingerprint density at radius 2 is 2.10 bits per heavy atom. The Bertz CT molecular complexity index is 1020. The summed E-state index contributed by atoms with van der Waals surface area (Å²) in [7, 11) is 0. The van der Waals surface area contributed by atoms with Crippen molar-refractivity contribution in [3.63, 3.8) is 0 Å². The number of benzene rings is 1. The lowest BCUT2D eigenvalue weighted by atomic mass is 10.2. The first-order chi connectivity index (χ1) is 14.4. The van der Waals surface area contributed by atoms with Gasteiger partial charge in [0.25, 0.3) is 0 Å². The van der Waals surface area contributed by atoms with Gasteiger partial charge < -0.3 is 15.0 Å². The molecule has 2 aromatic rings. The molecule has 2 aliphatic heterocycles. The molecule has 30 heavy (non-hydrogen) atoms. The van der Waals surface area contributed by atoms with Gasteiger partial charge in [0, 0.05) is 37.4 Å². The Balaban J connectivity index is 1.50. The number of nitrogens with zero attached hydrogens (tertiary/aromatic N) is 5. The van der Waals surface area contributed by atoms with Gasteiger partial charge in [0.2, 0.25) is 5.91 Å². The maximum Gasteiger partial charge on any atom is 0.414 e. The van der Waals surface area contributed by atoms with Gasteiger partial charge in [-0.25, -0.2) is 13.6 Å². The average Bonchev–Trinajstić information content (AvgIpc) is 3.32. The fraction of sp³-hybridized carbons (Fsp3) is 0.368. The van der Waals surface area contributed by atoms with Crippen molar-refractivity contribution in [3.8, 4) is 6.07 Å². The number of hydrogen-bond acceptors (Lipinski definition) is 6. The second-order valence-corrected chi connectivity index (χ2v) is 7.12. The van der Waals surface area contributed by atoms with Crippen molar-refractivity contribution in [1.82, 2.24) is 15.1 Å². The topological polar surface area (TPSA) is 103 Å². The summed E-state index contributed by atoms with van der Waals surface area (Å²) >= 11 is 0. The first-order valence-electron chi connectivity index (χ1n) is 9.24. The number of rotatable bonds is 5. The largest absolute Gasteiger partial charge is 0.442 e. The SMILES string of the molecule is CC(=O)NCC1CN(c2cc(F)c(N3Cc4cn(CC#N)nc4C3)c(F)c2)C(=O)O1. The summed E-state index contributed by atoms with van der Waals surface area (Å²) in [6.07, 6.45) is 0.356. The molecule has 1 atom stereocenters. The third kappa shape index (κ3) is 3.63. The molecule has 2 aliphatic rings. The van der Waals surface area contributed by atoms with E-state index in [1.807, 2.05) is 6.07 Å². The van der Waals surface area contributed by atoms with E-state index in [0.29, 0.717) is 5.69 Å². The normalized spacial score (nSPS) is 17.7. The average molecular weight is 416 g/mol. The molecule has 1 saturated heterocycles. The molecule has 1 unspecified atom stereocenters. The molecule has 4 rings (SSSR count). The first kappa shape index (κ1) is 19.6. The van der Waals surface area contributed by atoms with Crippen LogP contribution >= 0.6 is 0 Å². The highest BCUT2D eigenvalue weighted by Gasteiger charge is 2.34. The van der Waals surface area contributed by atoms with E-state index in [9.17, 15) is 18.4 Å². The molecule has 1 N–H and O–H groups in total. The Morgan fingerprint density at radius 3 is 2.73 bits per heavy atom. The summed E-state index contributed by atoms with van der Waals surface area (Å²) in [6.45, 7) is 2.12. The van der Waals surface area contributed by atoms with Crippen molar-refractivity contribution >= 4 is 23.4 Å². The van der Waals surface area contributed by atoms with Crippen LogP contribution in [0.25, 0.3) is 0 Å². The highest BCUT2D eigenvalue weighted by molar-refractivity contribution is 5.90. The summed E-state index contributed by atoms with van der Waals surface area (Å²) in [5.41, 5.74) is 1.31. The molecule has 0 radical (unpaired) electrons. The van der Waals surface area contributed by atoms with E-state index in [0.717, 1.165) is 22.6 Å². The number of nitrogens with one attached hydrogen (secondary N) is 1. The van der Waals surface area contributed by atoms with Gasteiger partial charge in [0.15, 0.2) is 11.6 Å². The van der Waals surface area contributed by atoms with Crippen LogP contribution in [0, 0.1) is 23.0 Å². The number of hydrogen-bond donors (Lipinski definition) is 1. The predicted molar refractivity (Wildman–Crippen MR) is 100 cm³/mol. The van der Waals surface area contributed by atoms with Crippen LogP contribution in [0.5, 0.6) is 0 Å². The molecule has 11 heteroatoms. The molecule has 156 valence electrons. The van der Waals surface area contributed by atoms with Crippen LogP contribution in [-0.2, 0) is 29.2 Å². The molecular formula is C19H18F2N6O3. The van der Waals surface area contributed by atoms with Gasteiger partial charge in [-0.05, 0) is 0 Å². The first-order valence-corrected chi connectivity index (χ1v) is 9.24. The van der Waals surface area contributed by atoms with Crippen LogP contribution in [-0.4, -0.2) is 41.0 Å². The fourth-order valence-electron chi connectivity index (χ4n) is 3.63. The van der Waals surface area contributed by atoms with E-state index in [2.05, 4.69) is 10.4 Å². The Hall–Kier alpha value is -3.68. The molecule has 0 aliphatic carbocycles. The quantitative estimate of drug-likeness (QED) is 0.795. The number of halogens is 2. The van der Waals surface area contributed by atoms with Crippen LogP contribution in [0.3, 0.4) is 0 Å². The molecule has 0 spiro atoms. The molecule has 1 fully saturated rings. The van der Waals surface area contributed by atoms with E-state index in [1.165, 1.54) is 16.5 Å². The van der Waals surface area contributed by atoms with Crippen LogP contribution in [0.1, 0.15) is 18.2 Å². The zero-order valence-electron chi connectivity index (χ0n) is 16.1. The Labute approximate surface area is 170 Å². The summed E-state index contributed by atoms with van der Waals surface area (Å²) in [5.74, 6) is -1.88. The van der Waals surface area contributed by atoms with E-state index in [4.69, 9.17) is 10.00 Å². The van der Waals surface area contributed by atoms with E-state index >= 15 is 0 Å². The van der Waals surface area contributed by atoms with Gasteiger partial charge in [0.1, 0.15) is 18.3 Å². The third-order valence-corrected chi connectivity index (χ3v) is 4.94. The van der Waals surface area contributed by atoms with Crippen molar-refractivity contribution in [2.45, 2.75) is 32.7 Å². The number of cyclic esters (lactones) is 1. The lowest BCUT2D eigenvalue weighted by Gasteiger charge is -2.21. The number of carbonyl (C=O) groups is 2. The summed E-state index contributed by atoms with van der Waals surface area (Å²) < 4.78 is 36.3. The van der Waals surface area contributed by atoms with Gasteiger partial charge >= 0.3 is 6.09 Å². The van der Waals surface area contributed by atoms with Crippen molar-refractivity contribution < 1.29 is 23.1 Å². The van der Waals surface area contributed by atoms with Crippen LogP contribution in [0.15, 0.2) is 18.3 Å². The molecule has 1 aromatic heterocycles. The molecule has 9 nitrogen and oxygen atoms in total. The molecular weight excluding hydrogens is 398 g/mol. The minimum atomic E-state index is -0.807. The highest BCUT2D eigenvalue weighted by Crippen LogP contribution is 2.35. The second kappa shape index (κ2) is 7.62. The minimum absolute atomic E-state index is 0.0419. The van der Waals surface area contributed by atoms with E-state index in [-0.39, 0.29) is 50.0 Å². The number of amides is 2. The van der Waals surface area contributed by atoms with E-state index < -0.39 is 23.8 Å². The zero-order valence-corrected chi connectivity index (χ0v) is 16.1. The lowest BCUT2D eigenvalue weighted by Crippen LogP contribution is -2.33. The number of ether oxygens (including phenoxy) is 1. The van der Waals surface area contributed by atoms with Gasteiger partial charge in [-0.2, -0.15) is 10.4 Å². The molecule has 3 heterocycles. The number of anilines is 2. The molecule has 0 bridgehead atoms. The summed E-state index contributed by atoms with van der Waals surface area (Å²) in [6, 6.07) is 4.17. The number of nitriles is 1. The van der Waals surface area contributed by atoms with Crippen LogP contribution in [0.2, 0.25) is 0 Å². The maximum atomic E-state index is 14.8. The molecule has 1 aromatic carbocycles. The van der Waals surface area contributed by atoms with Crippen molar-refractivity contribution in [2.75, 3.05) is 22.9 Å². The Morgan fingerprint density at radius 1 is 1.37 bits per heavy atom. The second-order valence-electron chi connectivity index (χ2n) is 7.12. The lowest BCUT2D eigenvalue weighted by molar-refractivity contribution is -0.119. The maximum absolute atomic E-state index is 14.8. The number of carbonyl (C=O) groups excluding carboxylic acids is 2. The number of fused-ring (bicyclic) bond motifs is 1. The summed E-state index contributed by atoms with van der Waals surface area (Å²) in [5, 5.41) is 15.5. The summed E-state index contributed by atoms with van der Waals surface area (Å²) in [4.78, 5) is 25.8. The monoisotopic (exact) mass is 416 g/mol. The van der Waals surface area contributed by atoms with Gasteiger partial charge in [-0.1, -0.05) is 0 Å². The van der Waals surface area contributed by atoms with Crippen molar-refractivity contribution in [2.24, 2.45) is 0 Å². The van der Waals surface area contributed by atoms with Crippen molar-refractivity contribution in [1.29, 1.82) is 5.26 Å². The smallest absolute Gasteiger partial charge is 0.414 e. The van der Waals surface area contributed by atoms with E-state index in [1.54, 1.807) is 6.20 Å². The van der Waals surface area contributed by atoms with Gasteiger partial charge in [0.05, 0.1) is 37.1 Å².